The number of H-pyrrole nitrogens is 1. The van der Waals surface area contributed by atoms with Crippen molar-refractivity contribution in [1.29, 1.82) is 0 Å². The van der Waals surface area contributed by atoms with Gasteiger partial charge in [0.2, 0.25) is 0 Å². The van der Waals surface area contributed by atoms with E-state index in [-0.39, 0.29) is 5.56 Å². The summed E-state index contributed by atoms with van der Waals surface area (Å²) in [5.41, 5.74) is 0.960. The highest BCUT2D eigenvalue weighted by molar-refractivity contribution is 7.13. The van der Waals surface area contributed by atoms with Crippen molar-refractivity contribution in [2.24, 2.45) is 0 Å². The molecule has 2 aromatic heterocycles. The summed E-state index contributed by atoms with van der Waals surface area (Å²) in [5.74, 6) is -0.141. The molecule has 0 bridgehead atoms. The molecule has 0 aliphatic carbocycles. The predicted octanol–water partition coefficient (Wildman–Crippen LogP) is 2.91. The molecule has 0 aliphatic heterocycles. The molecule has 0 fully saturated rings. The Hall–Kier alpha value is -2.54. The number of thiazole rings is 1. The maximum absolute atomic E-state index is 12.2. The summed E-state index contributed by atoms with van der Waals surface area (Å²) in [7, 11) is 0. The van der Waals surface area contributed by atoms with E-state index in [2.05, 4.69) is 15.0 Å². The van der Waals surface area contributed by atoms with Crippen molar-refractivity contribution in [3.63, 3.8) is 0 Å². The van der Waals surface area contributed by atoms with Crippen LogP contribution in [0, 0.1) is 13.8 Å². The molecule has 0 saturated carbocycles. The molecule has 0 spiro atoms. The minimum absolute atomic E-state index is 0.252. The lowest BCUT2D eigenvalue weighted by Gasteiger charge is -2.12. The van der Waals surface area contributed by atoms with Gasteiger partial charge in [0.25, 0.3) is 5.56 Å². The molecule has 7 heteroatoms. The summed E-state index contributed by atoms with van der Waals surface area (Å²) < 4.78 is 5.42. The van der Waals surface area contributed by atoms with Crippen LogP contribution in [0.4, 0.5) is 0 Å². The van der Waals surface area contributed by atoms with E-state index in [1.54, 1.807) is 38.1 Å². The highest BCUT2D eigenvalue weighted by Gasteiger charge is 2.20. The fourth-order valence-corrected chi connectivity index (χ4v) is 3.09. The minimum atomic E-state index is -0.665. The summed E-state index contributed by atoms with van der Waals surface area (Å²) in [4.78, 5) is 36.0. The monoisotopic (exact) mass is 329 g/mol. The predicted molar refractivity (Wildman–Crippen MR) is 87.8 cm³/mol. The van der Waals surface area contributed by atoms with Gasteiger partial charge in [0.1, 0.15) is 4.88 Å². The molecule has 0 saturated heterocycles. The number of hydrogen-bond donors (Lipinski definition) is 1. The van der Waals surface area contributed by atoms with Crippen LogP contribution in [0.15, 0.2) is 29.1 Å². The first-order chi connectivity index (χ1) is 11.0. The molecule has 118 valence electrons. The van der Waals surface area contributed by atoms with Gasteiger partial charge >= 0.3 is 5.97 Å². The molecular formula is C16H15N3O3S. The second kappa shape index (κ2) is 5.92. The van der Waals surface area contributed by atoms with Crippen molar-refractivity contribution >= 4 is 28.2 Å². The summed E-state index contributed by atoms with van der Waals surface area (Å²) in [5, 5.41) is 1.31. The van der Waals surface area contributed by atoms with E-state index >= 15 is 0 Å². The standard InChI is InChI=1S/C16H15N3O3S/c1-8-13(23-10(3)17-8)16(21)22-9(2)14-18-12-7-5-4-6-11(12)15(20)19-14/h4-7,9H,1-3H3,(H,18,19,20)/t9-/m0/s1. The van der Waals surface area contributed by atoms with Gasteiger partial charge < -0.3 is 9.72 Å². The quantitative estimate of drug-likeness (QED) is 0.747. The number of nitrogens with zero attached hydrogens (tertiary/aromatic N) is 2. The molecule has 3 rings (SSSR count). The van der Waals surface area contributed by atoms with Crippen LogP contribution in [-0.4, -0.2) is 20.9 Å². The third-order valence-electron chi connectivity index (χ3n) is 3.39. The van der Waals surface area contributed by atoms with E-state index in [9.17, 15) is 9.59 Å². The number of aryl methyl sites for hydroxylation is 2. The SMILES string of the molecule is Cc1nc(C)c(C(=O)O[C@@H](C)c2nc3ccccc3c(=O)[nH]2)s1. The van der Waals surface area contributed by atoms with Crippen LogP contribution in [0.5, 0.6) is 0 Å². The van der Waals surface area contributed by atoms with Crippen molar-refractivity contribution in [2.75, 3.05) is 0 Å². The van der Waals surface area contributed by atoms with E-state index in [0.717, 1.165) is 5.01 Å². The Morgan fingerprint density at radius 1 is 1.26 bits per heavy atom. The van der Waals surface area contributed by atoms with Crippen molar-refractivity contribution < 1.29 is 9.53 Å². The van der Waals surface area contributed by atoms with E-state index in [1.807, 2.05) is 6.92 Å². The molecule has 0 amide bonds. The van der Waals surface area contributed by atoms with Crippen LogP contribution >= 0.6 is 11.3 Å². The lowest BCUT2D eigenvalue weighted by atomic mass is 10.2. The second-order valence-electron chi connectivity index (χ2n) is 5.16. The number of aromatic nitrogens is 3. The third kappa shape index (κ3) is 3.00. The first kappa shape index (κ1) is 15.4. The maximum Gasteiger partial charge on any atom is 0.350 e. The summed E-state index contributed by atoms with van der Waals surface area (Å²) in [6.07, 6.45) is -0.665. The summed E-state index contributed by atoms with van der Waals surface area (Å²) in [6.45, 7) is 5.27. The van der Waals surface area contributed by atoms with E-state index in [0.29, 0.717) is 27.3 Å². The average molecular weight is 329 g/mol. The summed E-state index contributed by atoms with van der Waals surface area (Å²) >= 11 is 1.29. The molecule has 1 atom stereocenters. The lowest BCUT2D eigenvalue weighted by Crippen LogP contribution is -2.17. The number of rotatable bonds is 3. The number of esters is 1. The first-order valence-corrected chi connectivity index (χ1v) is 7.91. The summed E-state index contributed by atoms with van der Waals surface area (Å²) in [6, 6.07) is 7.03. The van der Waals surface area contributed by atoms with Crippen LogP contribution in [0.1, 0.15) is 39.2 Å². The zero-order valence-corrected chi connectivity index (χ0v) is 13.7. The van der Waals surface area contributed by atoms with Gasteiger partial charge in [-0.15, -0.1) is 11.3 Å². The number of carbonyl (C=O) groups is 1. The van der Waals surface area contributed by atoms with Crippen molar-refractivity contribution in [2.45, 2.75) is 26.9 Å². The van der Waals surface area contributed by atoms with E-state index in [4.69, 9.17) is 4.74 Å². The number of benzene rings is 1. The van der Waals surface area contributed by atoms with Gasteiger partial charge in [0, 0.05) is 0 Å². The normalized spacial score (nSPS) is 12.3. The van der Waals surface area contributed by atoms with Crippen LogP contribution in [0.25, 0.3) is 10.9 Å². The Labute approximate surface area is 136 Å². The molecule has 0 unspecified atom stereocenters. The molecular weight excluding hydrogens is 314 g/mol. The maximum atomic E-state index is 12.2. The second-order valence-corrected chi connectivity index (χ2v) is 6.37. The highest BCUT2D eigenvalue weighted by atomic mass is 32.1. The van der Waals surface area contributed by atoms with E-state index < -0.39 is 12.1 Å². The Morgan fingerprint density at radius 3 is 2.70 bits per heavy atom. The number of fused-ring (bicyclic) bond motifs is 1. The third-order valence-corrected chi connectivity index (χ3v) is 4.44. The van der Waals surface area contributed by atoms with E-state index in [1.165, 1.54) is 11.3 Å². The number of aromatic amines is 1. The van der Waals surface area contributed by atoms with Gasteiger partial charge in [-0.3, -0.25) is 4.79 Å². The van der Waals surface area contributed by atoms with Crippen LogP contribution in [0.2, 0.25) is 0 Å². The Balaban J connectivity index is 1.89. The van der Waals surface area contributed by atoms with Crippen LogP contribution in [0.3, 0.4) is 0 Å². The number of para-hydroxylation sites is 1. The molecule has 0 aliphatic rings. The van der Waals surface area contributed by atoms with Crippen LogP contribution in [-0.2, 0) is 4.74 Å². The van der Waals surface area contributed by atoms with Gasteiger partial charge in [0.05, 0.1) is 21.6 Å². The molecule has 23 heavy (non-hydrogen) atoms. The Bertz CT molecular complexity index is 945. The smallest absolute Gasteiger partial charge is 0.350 e. The fraction of sp³-hybridized carbons (Fsp3) is 0.250. The minimum Gasteiger partial charge on any atom is -0.450 e. The number of hydrogen-bond acceptors (Lipinski definition) is 6. The average Bonchev–Trinajstić information content (AvgIpc) is 2.86. The fourth-order valence-electron chi connectivity index (χ4n) is 2.29. The molecule has 3 aromatic rings. The zero-order valence-electron chi connectivity index (χ0n) is 12.9. The lowest BCUT2D eigenvalue weighted by molar-refractivity contribution is 0.0325. The zero-order chi connectivity index (χ0) is 16.6. The number of nitrogens with one attached hydrogen (secondary N) is 1. The molecule has 2 heterocycles. The van der Waals surface area contributed by atoms with Gasteiger partial charge in [-0.2, -0.15) is 0 Å². The van der Waals surface area contributed by atoms with Crippen molar-refractivity contribution in [1.82, 2.24) is 15.0 Å². The van der Waals surface area contributed by atoms with Gasteiger partial charge in [-0.05, 0) is 32.9 Å². The Morgan fingerprint density at radius 2 is 2.00 bits per heavy atom. The van der Waals surface area contributed by atoms with Crippen molar-refractivity contribution in [3.05, 3.63) is 56.0 Å². The number of carbonyl (C=O) groups excluding carboxylic acids is 1. The van der Waals surface area contributed by atoms with Gasteiger partial charge in [0.15, 0.2) is 11.9 Å². The number of ether oxygens (including phenoxy) is 1. The van der Waals surface area contributed by atoms with Crippen molar-refractivity contribution in [3.8, 4) is 0 Å². The topological polar surface area (TPSA) is 84.9 Å². The first-order valence-electron chi connectivity index (χ1n) is 7.09. The van der Waals surface area contributed by atoms with Crippen LogP contribution < -0.4 is 5.56 Å². The molecule has 1 aromatic carbocycles. The Kier molecular flexibility index (Phi) is 3.96. The van der Waals surface area contributed by atoms with Gasteiger partial charge in [-0.25, -0.2) is 14.8 Å². The molecule has 6 nitrogen and oxygen atoms in total. The largest absolute Gasteiger partial charge is 0.450 e. The molecule has 0 radical (unpaired) electrons. The van der Waals surface area contributed by atoms with Gasteiger partial charge in [-0.1, -0.05) is 12.1 Å². The highest BCUT2D eigenvalue weighted by Crippen LogP contribution is 2.22. The molecule has 1 N–H and O–H groups in total.